The quantitative estimate of drug-likeness (QED) is 0.821. The van der Waals surface area contributed by atoms with Gasteiger partial charge in [-0.15, -0.1) is 0 Å². The number of nitrogens with one attached hydrogen (secondary N) is 1. The van der Waals surface area contributed by atoms with Crippen molar-refractivity contribution in [2.24, 2.45) is 5.92 Å². The van der Waals surface area contributed by atoms with E-state index in [0.717, 1.165) is 12.1 Å². The van der Waals surface area contributed by atoms with Gasteiger partial charge in [-0.1, -0.05) is 19.9 Å². The second kappa shape index (κ2) is 8.70. The van der Waals surface area contributed by atoms with Crippen LogP contribution in [0.5, 0.6) is 0 Å². The first-order valence-electron chi connectivity index (χ1n) is 7.93. The number of hydrogen-bond acceptors (Lipinski definition) is 2. The Bertz CT molecular complexity index is 569. The third kappa shape index (κ3) is 5.54. The molecule has 0 atom stereocenters. The van der Waals surface area contributed by atoms with Gasteiger partial charge in [-0.3, -0.25) is 9.59 Å². The number of carbonyl (C=O) groups excluding carboxylic acids is 2. The van der Waals surface area contributed by atoms with Gasteiger partial charge in [0.15, 0.2) is 0 Å². The van der Waals surface area contributed by atoms with Crippen molar-refractivity contribution in [3.8, 4) is 0 Å². The molecule has 0 heterocycles. The van der Waals surface area contributed by atoms with Gasteiger partial charge in [0.1, 0.15) is 0 Å². The molecule has 4 nitrogen and oxygen atoms in total. The molecule has 2 amide bonds. The summed E-state index contributed by atoms with van der Waals surface area (Å²) >= 11 is 0. The minimum absolute atomic E-state index is 0.0932. The molecule has 0 fully saturated rings. The van der Waals surface area contributed by atoms with E-state index in [2.05, 4.69) is 5.32 Å². The maximum absolute atomic E-state index is 12.8. The fourth-order valence-electron chi connectivity index (χ4n) is 2.41. The second-order valence-corrected chi connectivity index (χ2v) is 5.52. The average Bonchev–Trinajstić information content (AvgIpc) is 2.51. The first-order chi connectivity index (χ1) is 11.2. The minimum atomic E-state index is -4.47. The van der Waals surface area contributed by atoms with E-state index in [0.29, 0.717) is 12.8 Å². The largest absolute Gasteiger partial charge is 0.416 e. The van der Waals surface area contributed by atoms with E-state index < -0.39 is 11.7 Å². The van der Waals surface area contributed by atoms with Gasteiger partial charge in [-0.05, 0) is 31.0 Å². The summed E-state index contributed by atoms with van der Waals surface area (Å²) in [6.45, 7) is 5.41. The molecule has 134 valence electrons. The molecule has 0 saturated carbocycles. The highest BCUT2D eigenvalue weighted by atomic mass is 19.4. The van der Waals surface area contributed by atoms with Crippen molar-refractivity contribution in [2.75, 3.05) is 18.0 Å². The summed E-state index contributed by atoms with van der Waals surface area (Å²) < 4.78 is 38.4. The van der Waals surface area contributed by atoms with Crippen LogP contribution < -0.4 is 10.2 Å². The van der Waals surface area contributed by atoms with E-state index in [4.69, 9.17) is 0 Å². The molecule has 0 aromatic heterocycles. The molecule has 0 aliphatic heterocycles. The Morgan fingerprint density at radius 3 is 2.33 bits per heavy atom. The van der Waals surface area contributed by atoms with E-state index in [9.17, 15) is 22.8 Å². The average molecular weight is 344 g/mol. The standard InChI is InChI=1S/C17H23F3N2O2/c1-4-13(5-2)16(24)21-9-10-22(12(3)23)15-8-6-7-14(11-15)17(18,19)20/h6-8,11,13H,4-5,9-10H2,1-3H3,(H,21,24). The maximum atomic E-state index is 12.8. The van der Waals surface area contributed by atoms with Crippen LogP contribution in [0.1, 0.15) is 39.2 Å². The summed E-state index contributed by atoms with van der Waals surface area (Å²) in [5, 5.41) is 2.73. The van der Waals surface area contributed by atoms with Crippen LogP contribution >= 0.6 is 0 Å². The molecule has 0 radical (unpaired) electrons. The van der Waals surface area contributed by atoms with Gasteiger partial charge < -0.3 is 10.2 Å². The number of amides is 2. The molecule has 0 bridgehead atoms. The number of benzene rings is 1. The highest BCUT2D eigenvalue weighted by Crippen LogP contribution is 2.31. The highest BCUT2D eigenvalue weighted by molar-refractivity contribution is 5.91. The minimum Gasteiger partial charge on any atom is -0.354 e. The van der Waals surface area contributed by atoms with E-state index >= 15 is 0 Å². The Labute approximate surface area is 140 Å². The van der Waals surface area contributed by atoms with Crippen LogP contribution in [0.25, 0.3) is 0 Å². The Morgan fingerprint density at radius 1 is 1.21 bits per heavy atom. The maximum Gasteiger partial charge on any atom is 0.416 e. The topological polar surface area (TPSA) is 49.4 Å². The van der Waals surface area contributed by atoms with Crippen molar-refractivity contribution in [3.63, 3.8) is 0 Å². The zero-order valence-electron chi connectivity index (χ0n) is 14.1. The van der Waals surface area contributed by atoms with Crippen LogP contribution in [0.2, 0.25) is 0 Å². The van der Waals surface area contributed by atoms with Crippen molar-refractivity contribution in [3.05, 3.63) is 29.8 Å². The highest BCUT2D eigenvalue weighted by Gasteiger charge is 2.31. The lowest BCUT2D eigenvalue weighted by atomic mass is 10.0. The lowest BCUT2D eigenvalue weighted by Gasteiger charge is -2.23. The molecule has 0 aliphatic carbocycles. The molecular weight excluding hydrogens is 321 g/mol. The second-order valence-electron chi connectivity index (χ2n) is 5.52. The normalized spacial score (nSPS) is 11.5. The Kier molecular flexibility index (Phi) is 7.25. The number of anilines is 1. The smallest absolute Gasteiger partial charge is 0.354 e. The molecule has 7 heteroatoms. The van der Waals surface area contributed by atoms with E-state index in [1.54, 1.807) is 0 Å². The van der Waals surface area contributed by atoms with Crippen LogP contribution in [0, 0.1) is 5.92 Å². The molecule has 1 rings (SSSR count). The Balaban J connectivity index is 2.79. The van der Waals surface area contributed by atoms with Gasteiger partial charge in [0.25, 0.3) is 0 Å². The summed E-state index contributed by atoms with van der Waals surface area (Å²) in [6, 6.07) is 4.59. The lowest BCUT2D eigenvalue weighted by molar-refractivity contribution is -0.137. The fourth-order valence-corrected chi connectivity index (χ4v) is 2.41. The number of alkyl halides is 3. The monoisotopic (exact) mass is 344 g/mol. The van der Waals surface area contributed by atoms with Crippen molar-refractivity contribution >= 4 is 17.5 Å². The zero-order valence-corrected chi connectivity index (χ0v) is 14.1. The zero-order chi connectivity index (χ0) is 18.3. The number of hydrogen-bond donors (Lipinski definition) is 1. The molecule has 0 spiro atoms. The number of halogens is 3. The first-order valence-corrected chi connectivity index (χ1v) is 7.93. The van der Waals surface area contributed by atoms with Crippen molar-refractivity contribution in [1.82, 2.24) is 5.32 Å². The SMILES string of the molecule is CCC(CC)C(=O)NCCN(C(C)=O)c1cccc(C(F)(F)F)c1. The summed E-state index contributed by atoms with van der Waals surface area (Å²) in [4.78, 5) is 24.9. The van der Waals surface area contributed by atoms with Gasteiger partial charge in [0.05, 0.1) is 5.56 Å². The van der Waals surface area contributed by atoms with Crippen molar-refractivity contribution in [2.45, 2.75) is 39.8 Å². The molecular formula is C17H23F3N2O2. The molecule has 0 unspecified atom stereocenters. The van der Waals surface area contributed by atoms with Gasteiger partial charge >= 0.3 is 6.18 Å². The van der Waals surface area contributed by atoms with Crippen LogP contribution in [0.4, 0.5) is 18.9 Å². The van der Waals surface area contributed by atoms with Gasteiger partial charge in [0.2, 0.25) is 11.8 Å². The summed E-state index contributed by atoms with van der Waals surface area (Å²) in [5.74, 6) is -0.581. The Morgan fingerprint density at radius 2 is 1.83 bits per heavy atom. The fraction of sp³-hybridized carbons (Fsp3) is 0.529. The summed E-state index contributed by atoms with van der Waals surface area (Å²) in [5.41, 5.74) is -0.651. The lowest BCUT2D eigenvalue weighted by Crippen LogP contribution is -2.39. The van der Waals surface area contributed by atoms with E-state index in [1.165, 1.54) is 24.0 Å². The molecule has 1 aromatic rings. The van der Waals surface area contributed by atoms with Gasteiger partial charge in [-0.2, -0.15) is 13.2 Å². The molecule has 0 aliphatic rings. The molecule has 24 heavy (non-hydrogen) atoms. The van der Waals surface area contributed by atoms with Crippen LogP contribution in [-0.4, -0.2) is 24.9 Å². The molecule has 1 N–H and O–H groups in total. The predicted octanol–water partition coefficient (Wildman–Crippen LogP) is 3.61. The van der Waals surface area contributed by atoms with Crippen LogP contribution in [0.15, 0.2) is 24.3 Å². The Hall–Kier alpha value is -2.05. The van der Waals surface area contributed by atoms with Crippen LogP contribution in [0.3, 0.4) is 0 Å². The van der Waals surface area contributed by atoms with Crippen LogP contribution in [-0.2, 0) is 15.8 Å². The number of nitrogens with zero attached hydrogens (tertiary/aromatic N) is 1. The summed E-state index contributed by atoms with van der Waals surface area (Å²) in [6.07, 6.45) is -3.04. The van der Waals surface area contributed by atoms with Gasteiger partial charge in [0, 0.05) is 31.6 Å². The number of carbonyl (C=O) groups is 2. The third-order valence-corrected chi connectivity index (χ3v) is 3.86. The van der Waals surface area contributed by atoms with Crippen molar-refractivity contribution < 1.29 is 22.8 Å². The van der Waals surface area contributed by atoms with E-state index in [1.807, 2.05) is 13.8 Å². The molecule has 1 aromatic carbocycles. The van der Waals surface area contributed by atoms with Gasteiger partial charge in [-0.25, -0.2) is 0 Å². The molecule has 0 saturated heterocycles. The predicted molar refractivity (Wildman–Crippen MR) is 86.6 cm³/mol. The van der Waals surface area contributed by atoms with Crippen molar-refractivity contribution in [1.29, 1.82) is 0 Å². The van der Waals surface area contributed by atoms with E-state index in [-0.39, 0.29) is 36.5 Å². The summed E-state index contributed by atoms with van der Waals surface area (Å²) in [7, 11) is 0. The first kappa shape index (κ1) is 20.0. The third-order valence-electron chi connectivity index (χ3n) is 3.86. The number of rotatable bonds is 7.